The lowest BCUT2D eigenvalue weighted by atomic mass is 9.99. The smallest absolute Gasteiger partial charge is 0.354 e. The topological polar surface area (TPSA) is 121 Å². The Morgan fingerprint density at radius 3 is 2.68 bits per heavy atom. The predicted octanol–water partition coefficient (Wildman–Crippen LogP) is -0.629. The SMILES string of the molecule is CC(SC1=C(C(=O)O)N2C(=O)C(CO)[C@H]2S1)C(N)=O. The van der Waals surface area contributed by atoms with E-state index in [4.69, 9.17) is 10.8 Å². The van der Waals surface area contributed by atoms with Gasteiger partial charge in [0.15, 0.2) is 5.70 Å². The molecule has 3 atom stereocenters. The van der Waals surface area contributed by atoms with E-state index in [1.54, 1.807) is 6.92 Å². The number of nitrogens with zero attached hydrogens (tertiary/aromatic N) is 1. The van der Waals surface area contributed by atoms with Crippen LogP contribution >= 0.6 is 23.5 Å². The highest BCUT2D eigenvalue weighted by molar-refractivity contribution is 8.23. The molecule has 2 unspecified atom stereocenters. The van der Waals surface area contributed by atoms with E-state index in [9.17, 15) is 19.5 Å². The van der Waals surface area contributed by atoms with Gasteiger partial charge in [0.05, 0.1) is 22.0 Å². The first-order valence-electron chi connectivity index (χ1n) is 5.42. The molecular formula is C10H12N2O5S2. The molecule has 19 heavy (non-hydrogen) atoms. The van der Waals surface area contributed by atoms with Crippen molar-refractivity contribution < 1.29 is 24.6 Å². The molecule has 0 aromatic carbocycles. The molecular weight excluding hydrogens is 292 g/mol. The number of aliphatic hydroxyl groups is 1. The van der Waals surface area contributed by atoms with E-state index in [1.807, 2.05) is 0 Å². The highest BCUT2D eigenvalue weighted by Crippen LogP contribution is 2.53. The predicted molar refractivity (Wildman–Crippen MR) is 69.7 cm³/mol. The Labute approximate surface area is 117 Å². The summed E-state index contributed by atoms with van der Waals surface area (Å²) in [5.74, 6) is -2.76. The third-order valence-electron chi connectivity index (χ3n) is 2.90. The number of carbonyl (C=O) groups excluding carboxylic acids is 2. The van der Waals surface area contributed by atoms with Gasteiger partial charge in [-0.2, -0.15) is 0 Å². The van der Waals surface area contributed by atoms with Crippen molar-refractivity contribution in [3.8, 4) is 0 Å². The van der Waals surface area contributed by atoms with Crippen LogP contribution < -0.4 is 5.73 Å². The fourth-order valence-electron chi connectivity index (χ4n) is 1.82. The quantitative estimate of drug-likeness (QED) is 0.578. The average Bonchev–Trinajstić information content (AvgIpc) is 2.65. The van der Waals surface area contributed by atoms with Crippen LogP contribution in [0.2, 0.25) is 0 Å². The van der Waals surface area contributed by atoms with E-state index in [0.717, 1.165) is 16.7 Å². The number of fused-ring (bicyclic) bond motifs is 1. The molecule has 0 spiro atoms. The maximum absolute atomic E-state index is 11.7. The molecule has 0 bridgehead atoms. The summed E-state index contributed by atoms with van der Waals surface area (Å²) in [6.07, 6.45) is 0. The number of primary amides is 1. The molecule has 0 aromatic rings. The van der Waals surface area contributed by atoms with Crippen molar-refractivity contribution in [1.82, 2.24) is 4.90 Å². The van der Waals surface area contributed by atoms with Crippen molar-refractivity contribution in [2.24, 2.45) is 11.7 Å². The minimum Gasteiger partial charge on any atom is -0.477 e. The number of carbonyl (C=O) groups is 3. The molecule has 104 valence electrons. The largest absolute Gasteiger partial charge is 0.477 e. The molecule has 2 amide bonds. The number of aliphatic hydroxyl groups excluding tert-OH is 1. The summed E-state index contributed by atoms with van der Waals surface area (Å²) >= 11 is 2.20. The number of hydrogen-bond donors (Lipinski definition) is 3. The molecule has 0 radical (unpaired) electrons. The highest BCUT2D eigenvalue weighted by atomic mass is 32.2. The lowest BCUT2D eigenvalue weighted by Crippen LogP contribution is -2.58. The Bertz CT molecular complexity index is 492. The zero-order valence-electron chi connectivity index (χ0n) is 9.90. The van der Waals surface area contributed by atoms with E-state index < -0.39 is 34.3 Å². The molecule has 2 aliphatic heterocycles. The van der Waals surface area contributed by atoms with Crippen molar-refractivity contribution >= 4 is 41.3 Å². The Kier molecular flexibility index (Phi) is 3.79. The first-order valence-corrected chi connectivity index (χ1v) is 7.18. The molecule has 1 saturated heterocycles. The van der Waals surface area contributed by atoms with Crippen LogP contribution in [0.15, 0.2) is 9.93 Å². The van der Waals surface area contributed by atoms with E-state index in [1.165, 1.54) is 11.8 Å². The molecule has 2 rings (SSSR count). The molecule has 0 aromatic heterocycles. The fourth-order valence-corrected chi connectivity index (χ4v) is 4.70. The van der Waals surface area contributed by atoms with Crippen molar-refractivity contribution in [2.75, 3.05) is 6.61 Å². The molecule has 0 saturated carbocycles. The second-order valence-corrected chi connectivity index (χ2v) is 6.85. The van der Waals surface area contributed by atoms with E-state index in [-0.39, 0.29) is 12.3 Å². The number of thioether (sulfide) groups is 2. The number of carboxylic acids is 1. The molecule has 7 nitrogen and oxygen atoms in total. The van der Waals surface area contributed by atoms with Crippen LogP contribution in [0, 0.1) is 5.92 Å². The van der Waals surface area contributed by atoms with Gasteiger partial charge in [-0.05, 0) is 6.92 Å². The van der Waals surface area contributed by atoms with Crippen molar-refractivity contribution in [2.45, 2.75) is 17.5 Å². The third-order valence-corrected chi connectivity index (χ3v) is 5.66. The summed E-state index contributed by atoms with van der Waals surface area (Å²) in [4.78, 5) is 35.1. The van der Waals surface area contributed by atoms with Gasteiger partial charge >= 0.3 is 5.97 Å². The van der Waals surface area contributed by atoms with Gasteiger partial charge in [-0.25, -0.2) is 4.79 Å². The van der Waals surface area contributed by atoms with Gasteiger partial charge in [0.1, 0.15) is 5.37 Å². The standard InChI is InChI=1S/C10H12N2O5S2/c1-3(6(11)14)18-10-5(9(16)17)12-7(15)4(2-13)8(12)19-10/h3-4,8,13H,2H2,1H3,(H2,11,14)(H,16,17)/t3?,4?,8-/m1/s1. The Hall–Kier alpha value is -1.19. The number of β-lactam (4-membered cyclic amide) rings is 1. The van der Waals surface area contributed by atoms with Gasteiger partial charge in [-0.1, -0.05) is 11.8 Å². The van der Waals surface area contributed by atoms with Gasteiger partial charge in [0.25, 0.3) is 0 Å². The minimum atomic E-state index is -1.22. The van der Waals surface area contributed by atoms with Crippen LogP contribution in [0.1, 0.15) is 6.92 Å². The van der Waals surface area contributed by atoms with Crippen LogP contribution in [0.5, 0.6) is 0 Å². The number of amides is 2. The van der Waals surface area contributed by atoms with Gasteiger partial charge in [0, 0.05) is 0 Å². The third kappa shape index (κ3) is 2.21. The van der Waals surface area contributed by atoms with Crippen molar-refractivity contribution in [3.05, 3.63) is 9.93 Å². The summed E-state index contributed by atoms with van der Waals surface area (Å²) in [5, 5.41) is 17.3. The highest BCUT2D eigenvalue weighted by Gasteiger charge is 2.56. The Balaban J connectivity index is 2.25. The number of nitrogens with two attached hydrogens (primary N) is 1. The van der Waals surface area contributed by atoms with E-state index >= 15 is 0 Å². The normalized spacial score (nSPS) is 27.1. The van der Waals surface area contributed by atoms with E-state index in [2.05, 4.69) is 0 Å². The number of aliphatic carboxylic acids is 1. The molecule has 4 N–H and O–H groups in total. The summed E-state index contributed by atoms with van der Waals surface area (Å²) < 4.78 is 0.383. The maximum Gasteiger partial charge on any atom is 0.354 e. The number of carboxylic acid groups (broad SMARTS) is 1. The van der Waals surface area contributed by atoms with Gasteiger partial charge in [-0.15, -0.1) is 11.8 Å². The van der Waals surface area contributed by atoms with Crippen LogP contribution in [0.4, 0.5) is 0 Å². The summed E-state index contributed by atoms with van der Waals surface area (Å²) in [6, 6.07) is 0. The summed E-state index contributed by atoms with van der Waals surface area (Å²) in [6.45, 7) is 1.25. The molecule has 1 fully saturated rings. The first kappa shape index (κ1) is 14.2. The van der Waals surface area contributed by atoms with Crippen LogP contribution in [0.25, 0.3) is 0 Å². The minimum absolute atomic E-state index is 0.122. The molecule has 2 aliphatic rings. The Morgan fingerprint density at radius 2 is 2.21 bits per heavy atom. The molecule has 2 heterocycles. The van der Waals surface area contributed by atoms with Crippen molar-refractivity contribution in [3.63, 3.8) is 0 Å². The zero-order valence-corrected chi connectivity index (χ0v) is 11.5. The van der Waals surface area contributed by atoms with Crippen LogP contribution in [-0.4, -0.2) is 50.1 Å². The summed E-state index contributed by atoms with van der Waals surface area (Å²) in [5.41, 5.74) is 5.02. The van der Waals surface area contributed by atoms with Gasteiger partial charge < -0.3 is 15.9 Å². The number of rotatable bonds is 5. The molecule has 0 aliphatic carbocycles. The fraction of sp³-hybridized carbons (Fsp3) is 0.500. The van der Waals surface area contributed by atoms with Gasteiger partial charge in [-0.3, -0.25) is 14.5 Å². The second-order valence-electron chi connectivity index (χ2n) is 4.11. The second kappa shape index (κ2) is 5.06. The van der Waals surface area contributed by atoms with Crippen LogP contribution in [-0.2, 0) is 14.4 Å². The van der Waals surface area contributed by atoms with Crippen molar-refractivity contribution in [1.29, 1.82) is 0 Å². The molecule has 9 heteroatoms. The lowest BCUT2D eigenvalue weighted by Gasteiger charge is -2.41. The average molecular weight is 304 g/mol. The number of hydrogen-bond acceptors (Lipinski definition) is 6. The monoisotopic (exact) mass is 304 g/mol. The first-order chi connectivity index (χ1) is 8.88. The lowest BCUT2D eigenvalue weighted by molar-refractivity contribution is -0.153. The van der Waals surface area contributed by atoms with Crippen LogP contribution in [0.3, 0.4) is 0 Å². The van der Waals surface area contributed by atoms with Gasteiger partial charge in [0.2, 0.25) is 11.8 Å². The Morgan fingerprint density at radius 1 is 1.58 bits per heavy atom. The van der Waals surface area contributed by atoms with E-state index in [0.29, 0.717) is 4.24 Å². The maximum atomic E-state index is 11.7. The zero-order chi connectivity index (χ0) is 14.3. The summed E-state index contributed by atoms with van der Waals surface area (Å²) in [7, 11) is 0.